The lowest BCUT2D eigenvalue weighted by Gasteiger charge is -2.31. The van der Waals surface area contributed by atoms with Crippen LogP contribution >= 0.6 is 0 Å². The third-order valence-corrected chi connectivity index (χ3v) is 7.99. The highest BCUT2D eigenvalue weighted by Gasteiger charge is 2.44. The van der Waals surface area contributed by atoms with E-state index in [9.17, 15) is 19.1 Å². The fraction of sp³-hybridized carbons (Fsp3) is 0.500. The molecule has 7 nitrogen and oxygen atoms in total. The predicted octanol–water partition coefficient (Wildman–Crippen LogP) is 3.47. The van der Waals surface area contributed by atoms with Crippen LogP contribution in [-0.4, -0.2) is 60.2 Å². The number of nitrogens with zero attached hydrogens (tertiary/aromatic N) is 1. The molecule has 0 aromatic heterocycles. The smallest absolute Gasteiger partial charge is 0.244 e. The van der Waals surface area contributed by atoms with Gasteiger partial charge in [-0.05, 0) is 67.3 Å². The highest BCUT2D eigenvalue weighted by molar-refractivity contribution is 5.88. The molecule has 214 valence electrons. The first-order chi connectivity index (χ1) is 19.2. The van der Waals surface area contributed by atoms with Gasteiger partial charge in [0.15, 0.2) is 0 Å². The number of aliphatic hydroxyl groups excluding tert-OH is 1. The molecule has 0 radical (unpaired) electrons. The van der Waals surface area contributed by atoms with Crippen LogP contribution in [0, 0.1) is 18.2 Å². The molecule has 1 fully saturated rings. The molecule has 1 aliphatic heterocycles. The molecule has 3 N–H and O–H groups in total. The van der Waals surface area contributed by atoms with Crippen molar-refractivity contribution in [3.05, 3.63) is 65.0 Å². The summed E-state index contributed by atoms with van der Waals surface area (Å²) in [5.74, 6) is 1.78. The van der Waals surface area contributed by atoms with E-state index in [1.54, 1.807) is 13.1 Å². The van der Waals surface area contributed by atoms with E-state index >= 15 is 0 Å². The summed E-state index contributed by atoms with van der Waals surface area (Å²) in [5.41, 5.74) is 2.81. The number of fused-ring (bicyclic) bond motifs is 2. The quantitative estimate of drug-likeness (QED) is 0.461. The molecule has 3 atom stereocenters. The Morgan fingerprint density at radius 3 is 2.77 bits per heavy atom. The number of amides is 2. The number of nitrogens with one attached hydrogen (secondary N) is 2. The van der Waals surface area contributed by atoms with Gasteiger partial charge in [-0.25, -0.2) is 4.39 Å². The minimum absolute atomic E-state index is 0.0409. The first-order valence-corrected chi connectivity index (χ1v) is 14.2. The number of carbonyl (C=O) groups is 2. The highest BCUT2D eigenvalue weighted by Crippen LogP contribution is 2.45. The van der Waals surface area contributed by atoms with Crippen LogP contribution < -0.4 is 15.4 Å². The first-order valence-electron chi connectivity index (χ1n) is 14.2. The monoisotopic (exact) mass is 549 g/mol. The number of likely N-dealkylation sites (N-methyl/N-ethyl adjacent to an activating group) is 1. The Bertz CT molecular complexity index is 1240. The molecule has 3 unspecified atom stereocenters. The average Bonchev–Trinajstić information content (AvgIpc) is 3.74. The van der Waals surface area contributed by atoms with Crippen molar-refractivity contribution in [2.75, 3.05) is 20.2 Å². The molecule has 40 heavy (non-hydrogen) atoms. The van der Waals surface area contributed by atoms with Gasteiger partial charge in [-0.1, -0.05) is 31.2 Å². The van der Waals surface area contributed by atoms with Crippen LogP contribution in [0.25, 0.3) is 0 Å². The van der Waals surface area contributed by atoms with Crippen LogP contribution in [0.2, 0.25) is 0 Å². The van der Waals surface area contributed by atoms with Gasteiger partial charge in [-0.3, -0.25) is 9.59 Å². The average molecular weight is 550 g/mol. The normalized spacial score (nSPS) is 22.2. The lowest BCUT2D eigenvalue weighted by Crippen LogP contribution is -2.55. The Labute approximate surface area is 236 Å². The molecule has 2 bridgehead atoms. The third-order valence-electron chi connectivity index (χ3n) is 7.99. The van der Waals surface area contributed by atoms with E-state index in [0.29, 0.717) is 30.8 Å². The molecule has 2 aromatic carbocycles. The Morgan fingerprint density at radius 1 is 1.25 bits per heavy atom. The Balaban J connectivity index is 1.57. The van der Waals surface area contributed by atoms with Gasteiger partial charge in [0, 0.05) is 38.0 Å². The maximum absolute atomic E-state index is 14.5. The zero-order valence-electron chi connectivity index (χ0n) is 23.4. The molecule has 1 saturated carbocycles. The van der Waals surface area contributed by atoms with Crippen LogP contribution in [0.5, 0.6) is 5.75 Å². The molecule has 0 saturated heterocycles. The van der Waals surface area contributed by atoms with Gasteiger partial charge >= 0.3 is 0 Å². The van der Waals surface area contributed by atoms with E-state index in [2.05, 4.69) is 47.7 Å². The maximum atomic E-state index is 14.5. The zero-order chi connectivity index (χ0) is 28.7. The van der Waals surface area contributed by atoms with E-state index in [-0.39, 0.29) is 37.3 Å². The summed E-state index contributed by atoms with van der Waals surface area (Å²) in [6.45, 7) is 2.67. The molecule has 2 aliphatic rings. The molecule has 8 heteroatoms. The summed E-state index contributed by atoms with van der Waals surface area (Å²) < 4.78 is 20.3. The summed E-state index contributed by atoms with van der Waals surface area (Å²) in [7, 11) is 1.57. The number of hydrogen-bond acceptors (Lipinski definition) is 5. The summed E-state index contributed by atoms with van der Waals surface area (Å²) in [6.07, 6.45) is 9.01. The van der Waals surface area contributed by atoms with Gasteiger partial charge in [-0.2, -0.15) is 0 Å². The van der Waals surface area contributed by atoms with Gasteiger partial charge in [-0.15, -0.1) is 12.3 Å². The minimum atomic E-state index is -0.994. The molecule has 1 aliphatic carbocycles. The Hall–Kier alpha value is -3.41. The van der Waals surface area contributed by atoms with Crippen LogP contribution in [0.1, 0.15) is 62.1 Å². The second-order valence-corrected chi connectivity index (χ2v) is 10.9. The summed E-state index contributed by atoms with van der Waals surface area (Å²) in [6, 6.07) is 11.3. The SMILES string of the molecule is C#CCC1C(=O)NC(C(O)CNC2(c3cccc(CC)c3)CC2)Cc2cc(F)cc(c2)OCCCCC(=O)N1C. The Kier molecular flexibility index (Phi) is 9.83. The van der Waals surface area contributed by atoms with Gasteiger partial charge in [0.25, 0.3) is 0 Å². The fourth-order valence-corrected chi connectivity index (χ4v) is 5.30. The van der Waals surface area contributed by atoms with Crippen molar-refractivity contribution in [2.45, 2.75) is 82.0 Å². The number of halogens is 1. The number of aliphatic hydroxyl groups is 1. The molecule has 2 amide bonds. The minimum Gasteiger partial charge on any atom is -0.493 e. The lowest BCUT2D eigenvalue weighted by atomic mass is 9.98. The van der Waals surface area contributed by atoms with E-state index in [4.69, 9.17) is 11.2 Å². The number of terminal acetylenes is 1. The van der Waals surface area contributed by atoms with Crippen molar-refractivity contribution in [1.82, 2.24) is 15.5 Å². The number of aryl methyl sites for hydroxylation is 1. The second kappa shape index (κ2) is 13.3. The topological polar surface area (TPSA) is 90.9 Å². The molecule has 0 spiro atoms. The van der Waals surface area contributed by atoms with E-state index in [1.807, 2.05) is 0 Å². The number of ether oxygens (including phenoxy) is 1. The Morgan fingerprint density at radius 2 is 2.05 bits per heavy atom. The summed E-state index contributed by atoms with van der Waals surface area (Å²) in [5, 5.41) is 17.9. The van der Waals surface area contributed by atoms with Crippen molar-refractivity contribution in [1.29, 1.82) is 0 Å². The van der Waals surface area contributed by atoms with E-state index in [1.165, 1.54) is 28.2 Å². The first kappa shape index (κ1) is 29.6. The maximum Gasteiger partial charge on any atom is 0.244 e. The number of carbonyl (C=O) groups excluding carboxylic acids is 2. The standard InChI is InChI=1S/C32H40FN3O4/c1-4-9-28-31(39)35-27(29(37)21-34-32(13-14-32)24-11-8-10-22(5-2)16-24)19-23-17-25(33)20-26(18-23)40-15-7-6-12-30(38)36(28)3/h1,8,10-11,16-18,20,27-29,34,37H,5-7,9,12-15,19,21H2,2-3H3,(H,35,39). The molecule has 1 heterocycles. The molecular formula is C32H40FN3O4. The van der Waals surface area contributed by atoms with E-state index in [0.717, 1.165) is 19.3 Å². The van der Waals surface area contributed by atoms with Crippen molar-refractivity contribution in [3.8, 4) is 18.1 Å². The van der Waals surface area contributed by atoms with Crippen LogP contribution in [0.4, 0.5) is 4.39 Å². The molecule has 4 rings (SSSR count). The van der Waals surface area contributed by atoms with E-state index < -0.39 is 29.9 Å². The number of rotatable bonds is 7. The second-order valence-electron chi connectivity index (χ2n) is 10.9. The van der Waals surface area contributed by atoms with Gasteiger partial charge in [0.1, 0.15) is 17.6 Å². The van der Waals surface area contributed by atoms with Crippen molar-refractivity contribution >= 4 is 11.8 Å². The largest absolute Gasteiger partial charge is 0.493 e. The highest BCUT2D eigenvalue weighted by atomic mass is 19.1. The van der Waals surface area contributed by atoms with Crippen molar-refractivity contribution in [2.24, 2.45) is 0 Å². The van der Waals surface area contributed by atoms with Crippen LogP contribution in [-0.2, 0) is 28.0 Å². The molecular weight excluding hydrogens is 509 g/mol. The number of benzene rings is 2. The molecule has 2 aromatic rings. The predicted molar refractivity (Wildman–Crippen MR) is 152 cm³/mol. The summed E-state index contributed by atoms with van der Waals surface area (Å²) in [4.78, 5) is 27.7. The van der Waals surface area contributed by atoms with Crippen LogP contribution in [0.15, 0.2) is 42.5 Å². The zero-order valence-corrected chi connectivity index (χ0v) is 23.4. The van der Waals surface area contributed by atoms with Crippen molar-refractivity contribution in [3.63, 3.8) is 0 Å². The van der Waals surface area contributed by atoms with Crippen LogP contribution in [0.3, 0.4) is 0 Å². The van der Waals surface area contributed by atoms with Crippen molar-refractivity contribution < 1.29 is 23.8 Å². The summed E-state index contributed by atoms with van der Waals surface area (Å²) >= 11 is 0. The van der Waals surface area contributed by atoms with Gasteiger partial charge in [0.05, 0.1) is 18.8 Å². The number of hydrogen-bond donors (Lipinski definition) is 3. The lowest BCUT2D eigenvalue weighted by molar-refractivity contribution is -0.139. The third kappa shape index (κ3) is 7.41. The van der Waals surface area contributed by atoms with Gasteiger partial charge in [0.2, 0.25) is 11.8 Å². The fourth-order valence-electron chi connectivity index (χ4n) is 5.30. The van der Waals surface area contributed by atoms with Gasteiger partial charge < -0.3 is 25.4 Å².